The van der Waals surface area contributed by atoms with Gasteiger partial charge < -0.3 is 15.8 Å². The Morgan fingerprint density at radius 1 is 1.42 bits per heavy atom. The summed E-state index contributed by atoms with van der Waals surface area (Å²) in [5.74, 6) is -0.453. The molecule has 2 rings (SSSR count). The Hall–Kier alpha value is -1.43. The zero-order valence-electron chi connectivity index (χ0n) is 11.0. The van der Waals surface area contributed by atoms with E-state index >= 15 is 0 Å². The molecule has 0 radical (unpaired) electrons. The van der Waals surface area contributed by atoms with Gasteiger partial charge in [0.15, 0.2) is 5.84 Å². The van der Waals surface area contributed by atoms with Gasteiger partial charge in [-0.1, -0.05) is 19.0 Å². The highest BCUT2D eigenvalue weighted by molar-refractivity contribution is 8.00. The van der Waals surface area contributed by atoms with Crippen LogP contribution in [0.2, 0.25) is 0 Å². The van der Waals surface area contributed by atoms with E-state index < -0.39 is 5.82 Å². The van der Waals surface area contributed by atoms with Crippen LogP contribution in [0.15, 0.2) is 23.4 Å². The summed E-state index contributed by atoms with van der Waals surface area (Å²) in [5, 5.41) is 12.8. The van der Waals surface area contributed by atoms with Crippen molar-refractivity contribution in [2.75, 3.05) is 18.0 Å². The minimum absolute atomic E-state index is 0.0620. The van der Waals surface area contributed by atoms with Crippen LogP contribution < -0.4 is 10.6 Å². The second-order valence-corrected chi connectivity index (χ2v) is 6.69. The van der Waals surface area contributed by atoms with E-state index in [1.54, 1.807) is 6.07 Å². The predicted molar refractivity (Wildman–Crippen MR) is 77.6 cm³/mol. The Bertz CT molecular complexity index is 485. The third-order valence-electron chi connectivity index (χ3n) is 3.10. The second-order valence-electron chi connectivity index (χ2n) is 4.81. The van der Waals surface area contributed by atoms with Crippen LogP contribution in [0.4, 0.5) is 10.1 Å². The average molecular weight is 283 g/mol. The molecule has 19 heavy (non-hydrogen) atoms. The Morgan fingerprint density at radius 2 is 2.05 bits per heavy atom. The summed E-state index contributed by atoms with van der Waals surface area (Å²) in [5.41, 5.74) is 6.90. The molecular weight excluding hydrogens is 265 g/mol. The van der Waals surface area contributed by atoms with E-state index in [9.17, 15) is 4.39 Å². The molecular formula is C13H18FN3OS. The minimum atomic E-state index is -0.391. The predicted octanol–water partition coefficient (Wildman–Crippen LogP) is 2.25. The summed E-state index contributed by atoms with van der Waals surface area (Å²) in [6.07, 6.45) is 0. The largest absolute Gasteiger partial charge is 0.409 e. The number of benzene rings is 1. The average Bonchev–Trinajstić information content (AvgIpc) is 2.36. The van der Waals surface area contributed by atoms with Crippen LogP contribution in [0, 0.1) is 5.82 Å². The van der Waals surface area contributed by atoms with E-state index in [-0.39, 0.29) is 5.84 Å². The van der Waals surface area contributed by atoms with Crippen molar-refractivity contribution >= 4 is 23.3 Å². The van der Waals surface area contributed by atoms with Crippen LogP contribution in [0.25, 0.3) is 0 Å². The maximum Gasteiger partial charge on any atom is 0.172 e. The lowest BCUT2D eigenvalue weighted by molar-refractivity contribution is 0.318. The number of hydrogen-bond donors (Lipinski definition) is 2. The van der Waals surface area contributed by atoms with Gasteiger partial charge in [0.2, 0.25) is 0 Å². The zero-order chi connectivity index (χ0) is 14.0. The number of thioether (sulfide) groups is 1. The molecule has 4 nitrogen and oxygen atoms in total. The molecule has 0 spiro atoms. The Labute approximate surface area is 116 Å². The van der Waals surface area contributed by atoms with E-state index in [1.807, 2.05) is 11.8 Å². The molecule has 2 atom stereocenters. The number of anilines is 1. The highest BCUT2D eigenvalue weighted by Crippen LogP contribution is 2.30. The van der Waals surface area contributed by atoms with Crippen LogP contribution in [-0.4, -0.2) is 34.6 Å². The first-order valence-electron chi connectivity index (χ1n) is 6.19. The second kappa shape index (κ2) is 5.69. The van der Waals surface area contributed by atoms with Crippen LogP contribution in [0.3, 0.4) is 0 Å². The van der Waals surface area contributed by atoms with E-state index in [0.29, 0.717) is 16.1 Å². The topological polar surface area (TPSA) is 61.8 Å². The van der Waals surface area contributed by atoms with Gasteiger partial charge in [-0.05, 0) is 18.2 Å². The molecule has 0 bridgehead atoms. The smallest absolute Gasteiger partial charge is 0.172 e. The molecule has 1 aliphatic heterocycles. The Balaban J connectivity index is 2.38. The number of hydrogen-bond acceptors (Lipinski definition) is 4. The number of nitrogens with two attached hydrogens (primary N) is 1. The van der Waals surface area contributed by atoms with Gasteiger partial charge in [-0.2, -0.15) is 11.8 Å². The lowest BCUT2D eigenvalue weighted by Crippen LogP contribution is -2.41. The number of oxime groups is 1. The normalized spacial score (nSPS) is 24.6. The van der Waals surface area contributed by atoms with Gasteiger partial charge in [0.25, 0.3) is 0 Å². The van der Waals surface area contributed by atoms with Crippen molar-refractivity contribution < 1.29 is 9.60 Å². The van der Waals surface area contributed by atoms with Crippen LogP contribution in [-0.2, 0) is 0 Å². The third-order valence-corrected chi connectivity index (χ3v) is 4.33. The van der Waals surface area contributed by atoms with Crippen molar-refractivity contribution in [2.45, 2.75) is 24.3 Å². The van der Waals surface area contributed by atoms with Crippen molar-refractivity contribution in [3.8, 4) is 0 Å². The monoisotopic (exact) mass is 283 g/mol. The highest BCUT2D eigenvalue weighted by atomic mass is 32.2. The van der Waals surface area contributed by atoms with Crippen molar-refractivity contribution in [1.82, 2.24) is 0 Å². The molecule has 1 aromatic rings. The van der Waals surface area contributed by atoms with Gasteiger partial charge >= 0.3 is 0 Å². The summed E-state index contributed by atoms with van der Waals surface area (Å²) in [6, 6.07) is 4.40. The van der Waals surface area contributed by atoms with E-state index in [1.165, 1.54) is 12.1 Å². The molecule has 0 aromatic heterocycles. The highest BCUT2D eigenvalue weighted by Gasteiger charge is 2.24. The lowest BCUT2D eigenvalue weighted by atomic mass is 10.1. The van der Waals surface area contributed by atoms with Gasteiger partial charge in [0, 0.05) is 34.8 Å². The Morgan fingerprint density at radius 3 is 2.63 bits per heavy atom. The fraction of sp³-hybridized carbons (Fsp3) is 0.462. The summed E-state index contributed by atoms with van der Waals surface area (Å²) in [7, 11) is 0. The van der Waals surface area contributed by atoms with Crippen LogP contribution in [0.5, 0.6) is 0 Å². The fourth-order valence-electron chi connectivity index (χ4n) is 2.42. The SMILES string of the molecule is CC1CN(c2ccc(F)cc2C(N)=NO)CC(C)S1. The summed E-state index contributed by atoms with van der Waals surface area (Å²) in [6.45, 7) is 6.07. The molecule has 0 aliphatic carbocycles. The molecule has 1 saturated heterocycles. The number of nitrogens with zero attached hydrogens (tertiary/aromatic N) is 2. The molecule has 1 fully saturated rings. The van der Waals surface area contributed by atoms with E-state index in [0.717, 1.165) is 18.8 Å². The first-order valence-corrected chi connectivity index (χ1v) is 7.13. The first-order chi connectivity index (χ1) is 9.01. The fourth-order valence-corrected chi connectivity index (χ4v) is 3.74. The van der Waals surface area contributed by atoms with Gasteiger partial charge in [0.1, 0.15) is 5.82 Å². The molecule has 1 heterocycles. The molecule has 0 amide bonds. The Kier molecular flexibility index (Phi) is 4.19. The molecule has 3 N–H and O–H groups in total. The third kappa shape index (κ3) is 3.12. The molecule has 1 aliphatic rings. The van der Waals surface area contributed by atoms with Gasteiger partial charge in [0.05, 0.1) is 0 Å². The zero-order valence-corrected chi connectivity index (χ0v) is 11.8. The summed E-state index contributed by atoms with van der Waals surface area (Å²) >= 11 is 1.94. The number of rotatable bonds is 2. The van der Waals surface area contributed by atoms with Crippen molar-refractivity contribution in [1.29, 1.82) is 0 Å². The molecule has 6 heteroatoms. The number of amidine groups is 1. The van der Waals surface area contributed by atoms with Crippen molar-refractivity contribution in [3.05, 3.63) is 29.6 Å². The van der Waals surface area contributed by atoms with Crippen LogP contribution >= 0.6 is 11.8 Å². The summed E-state index contributed by atoms with van der Waals surface area (Å²) in [4.78, 5) is 2.17. The standard InChI is InChI=1S/C13H18FN3OS/c1-8-6-17(7-9(2)19-8)12-4-3-10(14)5-11(12)13(15)16-18/h3-5,8-9,18H,6-7H2,1-2H3,(H2,15,16). The molecule has 0 saturated carbocycles. The van der Waals surface area contributed by atoms with Crippen LogP contribution in [0.1, 0.15) is 19.4 Å². The maximum atomic E-state index is 13.3. The maximum absolute atomic E-state index is 13.3. The molecule has 2 unspecified atom stereocenters. The van der Waals surface area contributed by atoms with E-state index in [4.69, 9.17) is 10.9 Å². The lowest BCUT2D eigenvalue weighted by Gasteiger charge is -2.37. The minimum Gasteiger partial charge on any atom is -0.409 e. The summed E-state index contributed by atoms with van der Waals surface area (Å²) < 4.78 is 13.3. The van der Waals surface area contributed by atoms with Gasteiger partial charge in [-0.3, -0.25) is 0 Å². The van der Waals surface area contributed by atoms with Gasteiger partial charge in [-0.25, -0.2) is 4.39 Å². The van der Waals surface area contributed by atoms with E-state index in [2.05, 4.69) is 23.9 Å². The molecule has 1 aromatic carbocycles. The van der Waals surface area contributed by atoms with Gasteiger partial charge in [-0.15, -0.1) is 0 Å². The molecule has 104 valence electrons. The van der Waals surface area contributed by atoms with Crippen molar-refractivity contribution in [3.63, 3.8) is 0 Å². The first kappa shape index (κ1) is 14.0. The van der Waals surface area contributed by atoms with Crippen molar-refractivity contribution in [2.24, 2.45) is 10.9 Å². The number of halogens is 1. The quantitative estimate of drug-likeness (QED) is 0.378.